The zero-order valence-electron chi connectivity index (χ0n) is 10.1. The Hall–Kier alpha value is -0.910. The highest BCUT2D eigenvalue weighted by atomic mass is 79.9. The van der Waals surface area contributed by atoms with E-state index < -0.39 is 0 Å². The second-order valence-corrected chi connectivity index (χ2v) is 5.50. The number of benzene rings is 1. The topological polar surface area (TPSA) is 51.0 Å². The van der Waals surface area contributed by atoms with E-state index in [1.54, 1.807) is 6.07 Å². The Morgan fingerprint density at radius 3 is 2.89 bits per heavy atom. The monoisotopic (exact) mass is 329 g/mol. The van der Waals surface area contributed by atoms with Crippen LogP contribution in [0.15, 0.2) is 27.2 Å². The fourth-order valence-electron chi connectivity index (χ4n) is 1.39. The summed E-state index contributed by atoms with van der Waals surface area (Å²) in [5, 5.41) is 7.71. The Balaban J connectivity index is 2.18. The highest BCUT2D eigenvalue weighted by molar-refractivity contribution is 9.10. The van der Waals surface area contributed by atoms with E-state index in [9.17, 15) is 0 Å². The van der Waals surface area contributed by atoms with Gasteiger partial charge in [0.25, 0.3) is 5.89 Å². The molecule has 0 bridgehead atoms. The molecule has 0 aliphatic carbocycles. The SMILES string of the molecule is CC(C)NCc1noc(-c2ccc(Br)cc2Cl)n1. The summed E-state index contributed by atoms with van der Waals surface area (Å²) in [6.45, 7) is 4.70. The van der Waals surface area contributed by atoms with E-state index in [4.69, 9.17) is 16.1 Å². The second kappa shape index (κ2) is 5.82. The summed E-state index contributed by atoms with van der Waals surface area (Å²) in [4.78, 5) is 4.30. The average molecular weight is 331 g/mol. The molecular formula is C12H13BrClN3O. The predicted octanol–water partition coefficient (Wildman–Crippen LogP) is 3.65. The van der Waals surface area contributed by atoms with Crippen LogP contribution in [0.4, 0.5) is 0 Å². The van der Waals surface area contributed by atoms with E-state index in [0.717, 1.165) is 10.0 Å². The van der Waals surface area contributed by atoms with Gasteiger partial charge in [0, 0.05) is 10.5 Å². The molecule has 6 heteroatoms. The number of hydrogen-bond donors (Lipinski definition) is 1. The van der Waals surface area contributed by atoms with Gasteiger partial charge in [-0.2, -0.15) is 4.98 Å². The van der Waals surface area contributed by atoms with Crippen LogP contribution in [-0.2, 0) is 6.54 Å². The van der Waals surface area contributed by atoms with Gasteiger partial charge in [-0.05, 0) is 18.2 Å². The fourth-order valence-corrected chi connectivity index (χ4v) is 2.15. The van der Waals surface area contributed by atoms with E-state index in [2.05, 4.69) is 45.2 Å². The van der Waals surface area contributed by atoms with Crippen molar-refractivity contribution >= 4 is 27.5 Å². The first-order valence-electron chi connectivity index (χ1n) is 5.57. The summed E-state index contributed by atoms with van der Waals surface area (Å²) in [6.07, 6.45) is 0. The summed E-state index contributed by atoms with van der Waals surface area (Å²) in [5.41, 5.74) is 0.739. The zero-order valence-corrected chi connectivity index (χ0v) is 12.4. The van der Waals surface area contributed by atoms with Gasteiger partial charge in [-0.1, -0.05) is 46.5 Å². The van der Waals surface area contributed by atoms with Gasteiger partial charge in [-0.25, -0.2) is 0 Å². The third-order valence-corrected chi connectivity index (χ3v) is 3.10. The van der Waals surface area contributed by atoms with Gasteiger partial charge in [-0.15, -0.1) is 0 Å². The maximum atomic E-state index is 6.13. The molecule has 1 aromatic carbocycles. The standard InChI is InChI=1S/C12H13BrClN3O/c1-7(2)15-6-11-16-12(18-17-11)9-4-3-8(13)5-10(9)14/h3-5,7,15H,6H2,1-2H3. The molecule has 0 spiro atoms. The molecular weight excluding hydrogens is 318 g/mol. The van der Waals surface area contributed by atoms with Gasteiger partial charge in [-0.3, -0.25) is 0 Å². The third-order valence-electron chi connectivity index (χ3n) is 2.30. The molecule has 0 saturated carbocycles. The number of hydrogen-bond acceptors (Lipinski definition) is 4. The highest BCUT2D eigenvalue weighted by Crippen LogP contribution is 2.29. The number of nitrogens with zero attached hydrogens (tertiary/aromatic N) is 2. The molecule has 2 rings (SSSR count). The van der Waals surface area contributed by atoms with Gasteiger partial charge >= 0.3 is 0 Å². The highest BCUT2D eigenvalue weighted by Gasteiger charge is 2.12. The number of rotatable bonds is 4. The maximum absolute atomic E-state index is 6.13. The molecule has 1 N–H and O–H groups in total. The lowest BCUT2D eigenvalue weighted by Gasteiger charge is -2.03. The lowest BCUT2D eigenvalue weighted by atomic mass is 10.2. The van der Waals surface area contributed by atoms with Crippen molar-refractivity contribution in [3.8, 4) is 11.5 Å². The van der Waals surface area contributed by atoms with Crippen molar-refractivity contribution in [1.82, 2.24) is 15.5 Å². The van der Waals surface area contributed by atoms with Crippen molar-refractivity contribution in [2.45, 2.75) is 26.4 Å². The van der Waals surface area contributed by atoms with Gasteiger partial charge in [0.1, 0.15) is 0 Å². The number of halogens is 2. The fraction of sp³-hybridized carbons (Fsp3) is 0.333. The molecule has 0 fully saturated rings. The van der Waals surface area contributed by atoms with E-state index in [-0.39, 0.29) is 0 Å². The first-order chi connectivity index (χ1) is 8.56. The van der Waals surface area contributed by atoms with Crippen LogP contribution in [0.5, 0.6) is 0 Å². The average Bonchev–Trinajstić information content (AvgIpc) is 2.75. The molecule has 0 atom stereocenters. The largest absolute Gasteiger partial charge is 0.334 e. The van der Waals surface area contributed by atoms with Crippen molar-refractivity contribution in [2.75, 3.05) is 0 Å². The molecule has 2 aromatic rings. The quantitative estimate of drug-likeness (QED) is 0.929. The van der Waals surface area contributed by atoms with Crippen LogP contribution in [0.3, 0.4) is 0 Å². The Kier molecular flexibility index (Phi) is 4.37. The molecule has 1 heterocycles. The van der Waals surface area contributed by atoms with Crippen LogP contribution in [0.25, 0.3) is 11.5 Å². The Labute approximate surface area is 119 Å². The Bertz CT molecular complexity index is 542. The van der Waals surface area contributed by atoms with Gasteiger partial charge < -0.3 is 9.84 Å². The molecule has 0 saturated heterocycles. The second-order valence-electron chi connectivity index (χ2n) is 4.18. The number of aromatic nitrogens is 2. The minimum atomic E-state index is 0.378. The van der Waals surface area contributed by atoms with Crippen molar-refractivity contribution in [2.24, 2.45) is 0 Å². The normalized spacial score (nSPS) is 11.2. The summed E-state index contributed by atoms with van der Waals surface area (Å²) >= 11 is 9.48. The van der Waals surface area contributed by atoms with Crippen LogP contribution in [0.2, 0.25) is 5.02 Å². The lowest BCUT2D eigenvalue weighted by Crippen LogP contribution is -2.22. The smallest absolute Gasteiger partial charge is 0.259 e. The van der Waals surface area contributed by atoms with E-state index in [1.807, 2.05) is 12.1 Å². The van der Waals surface area contributed by atoms with Crippen LogP contribution >= 0.6 is 27.5 Å². The van der Waals surface area contributed by atoms with E-state index in [0.29, 0.717) is 29.3 Å². The Morgan fingerprint density at radius 2 is 2.22 bits per heavy atom. The van der Waals surface area contributed by atoms with Crippen molar-refractivity contribution in [3.05, 3.63) is 33.5 Å². The lowest BCUT2D eigenvalue weighted by molar-refractivity contribution is 0.417. The van der Waals surface area contributed by atoms with Crippen LogP contribution in [0, 0.1) is 0 Å². The third kappa shape index (κ3) is 3.31. The molecule has 96 valence electrons. The summed E-state index contributed by atoms with van der Waals surface area (Å²) < 4.78 is 6.12. The van der Waals surface area contributed by atoms with Gasteiger partial charge in [0.05, 0.1) is 17.1 Å². The van der Waals surface area contributed by atoms with Crippen molar-refractivity contribution < 1.29 is 4.52 Å². The molecule has 0 aliphatic heterocycles. The van der Waals surface area contributed by atoms with Gasteiger partial charge in [0.2, 0.25) is 0 Å². The summed E-state index contributed by atoms with van der Waals surface area (Å²) in [5.74, 6) is 1.06. The van der Waals surface area contributed by atoms with Crippen LogP contribution < -0.4 is 5.32 Å². The molecule has 0 amide bonds. The van der Waals surface area contributed by atoms with Gasteiger partial charge in [0.15, 0.2) is 5.82 Å². The Morgan fingerprint density at radius 1 is 1.44 bits per heavy atom. The minimum Gasteiger partial charge on any atom is -0.334 e. The minimum absolute atomic E-state index is 0.378. The molecule has 1 aromatic heterocycles. The first-order valence-corrected chi connectivity index (χ1v) is 6.74. The molecule has 18 heavy (non-hydrogen) atoms. The predicted molar refractivity (Wildman–Crippen MR) is 74.4 cm³/mol. The van der Waals surface area contributed by atoms with Crippen LogP contribution in [0.1, 0.15) is 19.7 Å². The van der Waals surface area contributed by atoms with E-state index in [1.165, 1.54) is 0 Å². The van der Waals surface area contributed by atoms with Crippen molar-refractivity contribution in [1.29, 1.82) is 0 Å². The zero-order chi connectivity index (χ0) is 13.1. The van der Waals surface area contributed by atoms with Crippen molar-refractivity contribution in [3.63, 3.8) is 0 Å². The molecule has 0 aliphatic rings. The first kappa shape index (κ1) is 13.5. The van der Waals surface area contributed by atoms with E-state index >= 15 is 0 Å². The maximum Gasteiger partial charge on any atom is 0.259 e. The molecule has 0 unspecified atom stereocenters. The molecule has 0 radical (unpaired) electrons. The van der Waals surface area contributed by atoms with Crippen LogP contribution in [-0.4, -0.2) is 16.2 Å². The summed E-state index contributed by atoms with van der Waals surface area (Å²) in [6, 6.07) is 5.91. The molecule has 4 nitrogen and oxygen atoms in total. The summed E-state index contributed by atoms with van der Waals surface area (Å²) in [7, 11) is 0. The number of nitrogens with one attached hydrogen (secondary N) is 1.